The summed E-state index contributed by atoms with van der Waals surface area (Å²) in [6.45, 7) is 6.12. The van der Waals surface area contributed by atoms with Crippen molar-refractivity contribution < 1.29 is 24.5 Å². The third-order valence-electron chi connectivity index (χ3n) is 6.22. The van der Waals surface area contributed by atoms with Crippen LogP contribution in [0.15, 0.2) is 35.1 Å². The Labute approximate surface area is 148 Å². The number of aliphatic hydroxyl groups is 2. The fourth-order valence-electron chi connectivity index (χ4n) is 5.15. The Morgan fingerprint density at radius 2 is 2.00 bits per heavy atom. The number of ether oxygens (including phenoxy) is 1. The van der Waals surface area contributed by atoms with Crippen molar-refractivity contribution in [2.75, 3.05) is 13.2 Å². The quantitative estimate of drug-likeness (QED) is 0.768. The topological polar surface area (TPSA) is 83.8 Å². The first-order chi connectivity index (χ1) is 11.7. The van der Waals surface area contributed by atoms with Crippen LogP contribution in [0.4, 0.5) is 0 Å². The second kappa shape index (κ2) is 6.13. The standard InChI is InChI=1S/C20H26O5/c1-19(2)7-4-8-20(3)14(6-5-12-9-15(22)25-11-12)13(10-21)16(23)17(24)18(19)20/h5-6,9,14,18,21,23H,4,7-8,10-11H2,1-3H3/b6-5+/t14-,18-,20+/m0/s1. The van der Waals surface area contributed by atoms with Gasteiger partial charge in [-0.2, -0.15) is 0 Å². The Bertz CT molecular complexity index is 697. The highest BCUT2D eigenvalue weighted by Gasteiger charge is 2.57. The number of allylic oxidation sites excluding steroid dienone is 2. The molecule has 0 aromatic heterocycles. The van der Waals surface area contributed by atoms with E-state index in [0.717, 1.165) is 24.8 Å². The third kappa shape index (κ3) is 2.84. The summed E-state index contributed by atoms with van der Waals surface area (Å²) in [7, 11) is 0. The van der Waals surface area contributed by atoms with Crippen molar-refractivity contribution in [1.82, 2.24) is 0 Å². The highest BCUT2D eigenvalue weighted by Crippen LogP contribution is 2.59. The van der Waals surface area contributed by atoms with E-state index < -0.39 is 0 Å². The van der Waals surface area contributed by atoms with Crippen LogP contribution in [0, 0.1) is 22.7 Å². The number of hydrogen-bond acceptors (Lipinski definition) is 5. The Morgan fingerprint density at radius 1 is 1.28 bits per heavy atom. The molecule has 0 amide bonds. The lowest BCUT2D eigenvalue weighted by molar-refractivity contribution is -0.140. The molecule has 0 aromatic rings. The molecule has 25 heavy (non-hydrogen) atoms. The monoisotopic (exact) mass is 346 g/mol. The maximum absolute atomic E-state index is 12.9. The van der Waals surface area contributed by atoms with Crippen molar-refractivity contribution in [3.8, 4) is 0 Å². The number of carbonyl (C=O) groups excluding carboxylic acids is 2. The number of carbonyl (C=O) groups is 2. The average molecular weight is 346 g/mol. The zero-order chi connectivity index (χ0) is 18.4. The Balaban J connectivity index is 2.06. The highest BCUT2D eigenvalue weighted by molar-refractivity contribution is 5.98. The molecule has 0 aromatic carbocycles. The molecular formula is C20H26O5. The molecule has 0 bridgehead atoms. The van der Waals surface area contributed by atoms with Gasteiger partial charge in [0.05, 0.1) is 6.61 Å². The molecule has 0 saturated heterocycles. The third-order valence-corrected chi connectivity index (χ3v) is 6.22. The molecule has 2 N–H and O–H groups in total. The Hall–Kier alpha value is -1.88. The van der Waals surface area contributed by atoms with Gasteiger partial charge in [0.15, 0.2) is 5.76 Å². The van der Waals surface area contributed by atoms with Crippen molar-refractivity contribution in [3.05, 3.63) is 35.1 Å². The zero-order valence-electron chi connectivity index (χ0n) is 15.0. The Kier molecular flexibility index (Phi) is 4.40. The predicted molar refractivity (Wildman–Crippen MR) is 92.6 cm³/mol. The molecule has 136 valence electrons. The fourth-order valence-corrected chi connectivity index (χ4v) is 5.15. The summed E-state index contributed by atoms with van der Waals surface area (Å²) in [6.07, 6.45) is 7.96. The lowest BCUT2D eigenvalue weighted by atomic mass is 9.48. The van der Waals surface area contributed by atoms with Gasteiger partial charge >= 0.3 is 5.97 Å². The first-order valence-corrected chi connectivity index (χ1v) is 8.83. The first kappa shape index (κ1) is 17.9. The molecule has 1 fully saturated rings. The average Bonchev–Trinajstić information content (AvgIpc) is 2.94. The molecule has 1 saturated carbocycles. The van der Waals surface area contributed by atoms with E-state index >= 15 is 0 Å². The zero-order valence-corrected chi connectivity index (χ0v) is 15.0. The van der Waals surface area contributed by atoms with Crippen molar-refractivity contribution >= 4 is 11.8 Å². The summed E-state index contributed by atoms with van der Waals surface area (Å²) >= 11 is 0. The minimum Gasteiger partial charge on any atom is -0.504 e. The number of ketones is 1. The summed E-state index contributed by atoms with van der Waals surface area (Å²) in [6, 6.07) is 0. The minimum absolute atomic E-state index is 0.211. The van der Waals surface area contributed by atoms with Gasteiger partial charge in [0.1, 0.15) is 6.61 Å². The fraction of sp³-hybridized carbons (Fsp3) is 0.600. The number of esters is 1. The van der Waals surface area contributed by atoms with Gasteiger partial charge in [0.25, 0.3) is 0 Å². The van der Waals surface area contributed by atoms with Crippen LogP contribution in [0.3, 0.4) is 0 Å². The van der Waals surface area contributed by atoms with E-state index in [2.05, 4.69) is 20.8 Å². The van der Waals surface area contributed by atoms with Gasteiger partial charge in [0, 0.05) is 23.5 Å². The van der Waals surface area contributed by atoms with Crippen LogP contribution in [-0.4, -0.2) is 35.2 Å². The van der Waals surface area contributed by atoms with Gasteiger partial charge in [0.2, 0.25) is 5.78 Å². The van der Waals surface area contributed by atoms with E-state index in [4.69, 9.17) is 4.74 Å². The lowest BCUT2D eigenvalue weighted by Gasteiger charge is -2.55. The normalized spacial score (nSPS) is 35.0. The number of hydrogen-bond donors (Lipinski definition) is 2. The molecule has 2 aliphatic carbocycles. The van der Waals surface area contributed by atoms with E-state index in [1.54, 1.807) is 0 Å². The smallest absolute Gasteiger partial charge is 0.331 e. The molecule has 3 aliphatic rings. The summed E-state index contributed by atoms with van der Waals surface area (Å²) in [5.74, 6) is -1.45. The molecular weight excluding hydrogens is 320 g/mol. The number of cyclic esters (lactones) is 1. The minimum atomic E-state index is -0.371. The second-order valence-electron chi connectivity index (χ2n) is 8.34. The maximum Gasteiger partial charge on any atom is 0.331 e. The van der Waals surface area contributed by atoms with Crippen molar-refractivity contribution in [2.24, 2.45) is 22.7 Å². The number of aliphatic hydroxyl groups excluding tert-OH is 2. The first-order valence-electron chi connectivity index (χ1n) is 8.83. The number of Topliss-reactive ketones (excluding diaryl/α,β-unsaturated/α-hetero) is 1. The molecule has 0 unspecified atom stereocenters. The van der Waals surface area contributed by atoms with E-state index in [9.17, 15) is 19.8 Å². The van der Waals surface area contributed by atoms with Crippen LogP contribution in [0.25, 0.3) is 0 Å². The van der Waals surface area contributed by atoms with Crippen LogP contribution in [0.1, 0.15) is 40.0 Å². The number of rotatable bonds is 3. The van der Waals surface area contributed by atoms with Gasteiger partial charge in [-0.05, 0) is 29.2 Å². The SMILES string of the molecule is CC1(C)CCC[C@]2(C)[C@@H](/C=C/C3=CC(=O)OC3)C(CO)=C(O)C(=O)[C@@H]12. The summed E-state index contributed by atoms with van der Waals surface area (Å²) in [5, 5.41) is 20.3. The molecule has 0 radical (unpaired) electrons. The number of fused-ring (bicyclic) bond motifs is 1. The van der Waals surface area contributed by atoms with Crippen LogP contribution < -0.4 is 0 Å². The summed E-state index contributed by atoms with van der Waals surface area (Å²) in [4.78, 5) is 24.1. The van der Waals surface area contributed by atoms with E-state index in [0.29, 0.717) is 5.57 Å². The molecule has 1 heterocycles. The van der Waals surface area contributed by atoms with Gasteiger partial charge in [-0.3, -0.25) is 4.79 Å². The van der Waals surface area contributed by atoms with Gasteiger partial charge in [-0.1, -0.05) is 39.3 Å². The molecule has 5 heteroatoms. The van der Waals surface area contributed by atoms with E-state index in [1.165, 1.54) is 6.08 Å². The summed E-state index contributed by atoms with van der Waals surface area (Å²) < 4.78 is 4.91. The summed E-state index contributed by atoms with van der Waals surface area (Å²) in [5.41, 5.74) is 0.554. The second-order valence-corrected chi connectivity index (χ2v) is 8.34. The predicted octanol–water partition coefficient (Wildman–Crippen LogP) is 2.86. The molecule has 5 nitrogen and oxygen atoms in total. The highest BCUT2D eigenvalue weighted by atomic mass is 16.5. The lowest BCUT2D eigenvalue weighted by Crippen LogP contribution is -2.54. The Morgan fingerprint density at radius 3 is 2.60 bits per heavy atom. The van der Waals surface area contributed by atoms with Crippen LogP contribution in [-0.2, 0) is 14.3 Å². The van der Waals surface area contributed by atoms with Crippen LogP contribution in [0.5, 0.6) is 0 Å². The van der Waals surface area contributed by atoms with Gasteiger partial charge in [-0.15, -0.1) is 0 Å². The largest absolute Gasteiger partial charge is 0.504 e. The van der Waals surface area contributed by atoms with Crippen LogP contribution in [0.2, 0.25) is 0 Å². The van der Waals surface area contributed by atoms with Crippen molar-refractivity contribution in [1.29, 1.82) is 0 Å². The van der Waals surface area contributed by atoms with Crippen molar-refractivity contribution in [3.63, 3.8) is 0 Å². The molecule has 1 aliphatic heterocycles. The van der Waals surface area contributed by atoms with Gasteiger partial charge in [-0.25, -0.2) is 4.79 Å². The molecule has 3 rings (SSSR count). The molecule has 0 spiro atoms. The van der Waals surface area contributed by atoms with Crippen molar-refractivity contribution in [2.45, 2.75) is 40.0 Å². The maximum atomic E-state index is 12.9. The molecule has 3 atom stereocenters. The van der Waals surface area contributed by atoms with Crippen LogP contribution >= 0.6 is 0 Å². The van der Waals surface area contributed by atoms with Gasteiger partial charge < -0.3 is 14.9 Å². The van der Waals surface area contributed by atoms with E-state index in [1.807, 2.05) is 12.2 Å². The van der Waals surface area contributed by atoms with E-state index in [-0.39, 0.29) is 53.4 Å².